The van der Waals surface area contributed by atoms with Crippen LogP contribution in [0.5, 0.6) is 5.75 Å². The van der Waals surface area contributed by atoms with E-state index >= 15 is 0 Å². The zero-order valence-corrected chi connectivity index (χ0v) is 15.1. The Bertz CT molecular complexity index is 740. The highest BCUT2D eigenvalue weighted by Crippen LogP contribution is 2.26. The van der Waals surface area contributed by atoms with Gasteiger partial charge in [0.05, 0.1) is 12.3 Å². The van der Waals surface area contributed by atoms with E-state index in [0.717, 1.165) is 38.1 Å². The number of ether oxygens (including phenoxy) is 1. The van der Waals surface area contributed by atoms with E-state index in [1.54, 1.807) is 36.4 Å². The van der Waals surface area contributed by atoms with E-state index in [2.05, 4.69) is 10.2 Å². The van der Waals surface area contributed by atoms with Crippen molar-refractivity contribution in [1.82, 2.24) is 0 Å². The Morgan fingerprint density at radius 2 is 1.85 bits per heavy atom. The first-order chi connectivity index (χ1) is 12.7. The standard InChI is InChI=1S/C21H25FN2O2/c1-2-14-26-18-9-6-16(7-10-18)21(25)23-17-8-11-20(19(22)15-17)24-12-4-3-5-13-24/h6-11,15H,2-5,12-14H2,1H3,(H,23,25). The number of nitrogens with one attached hydrogen (secondary N) is 1. The molecule has 2 aromatic carbocycles. The molecule has 5 heteroatoms. The maximum Gasteiger partial charge on any atom is 0.255 e. The predicted molar refractivity (Wildman–Crippen MR) is 103 cm³/mol. The Balaban J connectivity index is 1.64. The summed E-state index contributed by atoms with van der Waals surface area (Å²) in [6.45, 7) is 4.45. The van der Waals surface area contributed by atoms with Crippen molar-refractivity contribution in [3.05, 3.63) is 53.8 Å². The van der Waals surface area contributed by atoms with Gasteiger partial charge < -0.3 is 15.0 Å². The number of benzene rings is 2. The van der Waals surface area contributed by atoms with Crippen molar-refractivity contribution in [2.45, 2.75) is 32.6 Å². The Morgan fingerprint density at radius 3 is 2.50 bits per heavy atom. The summed E-state index contributed by atoms with van der Waals surface area (Å²) in [5, 5.41) is 2.75. The number of carbonyl (C=O) groups is 1. The fourth-order valence-corrected chi connectivity index (χ4v) is 3.10. The molecule has 2 aromatic rings. The second-order valence-electron chi connectivity index (χ2n) is 6.54. The highest BCUT2D eigenvalue weighted by atomic mass is 19.1. The zero-order valence-electron chi connectivity index (χ0n) is 15.1. The third kappa shape index (κ3) is 4.54. The van der Waals surface area contributed by atoms with Crippen molar-refractivity contribution >= 4 is 17.3 Å². The number of amides is 1. The number of nitrogens with zero attached hydrogens (tertiary/aromatic N) is 1. The van der Waals surface area contributed by atoms with Crippen LogP contribution in [0.1, 0.15) is 43.0 Å². The van der Waals surface area contributed by atoms with E-state index in [1.807, 2.05) is 6.92 Å². The molecule has 0 unspecified atom stereocenters. The average molecular weight is 356 g/mol. The summed E-state index contributed by atoms with van der Waals surface area (Å²) in [5.74, 6) is 0.172. The third-order valence-corrected chi connectivity index (χ3v) is 4.49. The minimum absolute atomic E-state index is 0.267. The minimum Gasteiger partial charge on any atom is -0.494 e. The van der Waals surface area contributed by atoms with Gasteiger partial charge in [0, 0.05) is 24.3 Å². The SMILES string of the molecule is CCCOc1ccc(C(=O)Nc2ccc(N3CCCCC3)c(F)c2)cc1. The van der Waals surface area contributed by atoms with Crippen molar-refractivity contribution < 1.29 is 13.9 Å². The molecule has 3 rings (SSSR count). The lowest BCUT2D eigenvalue weighted by molar-refractivity contribution is 0.102. The monoisotopic (exact) mass is 356 g/mol. The second kappa shape index (κ2) is 8.70. The van der Waals surface area contributed by atoms with Crippen molar-refractivity contribution in [2.75, 3.05) is 29.9 Å². The molecular weight excluding hydrogens is 331 g/mol. The smallest absolute Gasteiger partial charge is 0.255 e. The summed E-state index contributed by atoms with van der Waals surface area (Å²) in [6, 6.07) is 11.8. The summed E-state index contributed by atoms with van der Waals surface area (Å²) in [4.78, 5) is 14.4. The van der Waals surface area contributed by atoms with Crippen LogP contribution in [0.4, 0.5) is 15.8 Å². The van der Waals surface area contributed by atoms with Gasteiger partial charge in [-0.3, -0.25) is 4.79 Å². The summed E-state index contributed by atoms with van der Waals surface area (Å²) in [6.07, 6.45) is 4.32. The number of carbonyl (C=O) groups excluding carboxylic acids is 1. The van der Waals surface area contributed by atoms with Gasteiger partial charge in [-0.15, -0.1) is 0 Å². The second-order valence-corrected chi connectivity index (χ2v) is 6.54. The van der Waals surface area contributed by atoms with Crippen LogP contribution >= 0.6 is 0 Å². The van der Waals surface area contributed by atoms with Crippen molar-refractivity contribution in [1.29, 1.82) is 0 Å². The molecule has 1 aliphatic heterocycles. The van der Waals surface area contributed by atoms with Gasteiger partial charge in [0.15, 0.2) is 0 Å². The lowest BCUT2D eigenvalue weighted by atomic mass is 10.1. The lowest BCUT2D eigenvalue weighted by Gasteiger charge is -2.29. The van der Waals surface area contributed by atoms with Gasteiger partial charge in [-0.05, 0) is 68.1 Å². The summed E-state index contributed by atoms with van der Waals surface area (Å²) in [5.41, 5.74) is 1.58. The molecule has 0 radical (unpaired) electrons. The van der Waals surface area contributed by atoms with Crippen molar-refractivity contribution in [2.24, 2.45) is 0 Å². The molecule has 1 N–H and O–H groups in total. The van der Waals surface area contributed by atoms with Gasteiger partial charge in [-0.2, -0.15) is 0 Å². The molecule has 1 amide bonds. The summed E-state index contributed by atoms with van der Waals surface area (Å²) < 4.78 is 20.0. The number of piperidine rings is 1. The molecule has 0 aliphatic carbocycles. The Labute approximate surface area is 154 Å². The molecule has 0 saturated carbocycles. The van der Waals surface area contributed by atoms with Crippen LogP contribution in [0.3, 0.4) is 0 Å². The zero-order chi connectivity index (χ0) is 18.4. The molecule has 1 fully saturated rings. The van der Waals surface area contributed by atoms with Gasteiger partial charge in [-0.1, -0.05) is 6.92 Å². The molecule has 1 saturated heterocycles. The van der Waals surface area contributed by atoms with Gasteiger partial charge >= 0.3 is 0 Å². The van der Waals surface area contributed by atoms with Crippen molar-refractivity contribution in [3.8, 4) is 5.75 Å². The number of rotatable bonds is 6. The van der Waals surface area contributed by atoms with Crippen LogP contribution < -0.4 is 15.0 Å². The molecule has 26 heavy (non-hydrogen) atoms. The lowest BCUT2D eigenvalue weighted by Crippen LogP contribution is -2.30. The van der Waals surface area contributed by atoms with E-state index in [9.17, 15) is 9.18 Å². The van der Waals surface area contributed by atoms with E-state index < -0.39 is 0 Å². The Morgan fingerprint density at radius 1 is 1.12 bits per heavy atom. The van der Waals surface area contributed by atoms with Crippen molar-refractivity contribution in [3.63, 3.8) is 0 Å². The molecule has 0 spiro atoms. The van der Waals surface area contributed by atoms with Crippen LogP contribution in [0.2, 0.25) is 0 Å². The molecular formula is C21H25FN2O2. The van der Waals surface area contributed by atoms with Gasteiger partial charge in [-0.25, -0.2) is 4.39 Å². The quantitative estimate of drug-likeness (QED) is 0.804. The van der Waals surface area contributed by atoms with E-state index in [4.69, 9.17) is 4.74 Å². The number of anilines is 2. The van der Waals surface area contributed by atoms with Crippen LogP contribution in [0, 0.1) is 5.82 Å². The predicted octanol–water partition coefficient (Wildman–Crippen LogP) is 4.86. The first-order valence-electron chi connectivity index (χ1n) is 9.26. The fraction of sp³-hybridized carbons (Fsp3) is 0.381. The minimum atomic E-state index is -0.298. The first-order valence-corrected chi connectivity index (χ1v) is 9.26. The molecule has 138 valence electrons. The van der Waals surface area contributed by atoms with E-state index in [-0.39, 0.29) is 11.7 Å². The number of hydrogen-bond donors (Lipinski definition) is 1. The van der Waals surface area contributed by atoms with Crippen LogP contribution in [-0.4, -0.2) is 25.6 Å². The summed E-state index contributed by atoms with van der Waals surface area (Å²) in [7, 11) is 0. The van der Waals surface area contributed by atoms with Crippen LogP contribution in [0.25, 0.3) is 0 Å². The van der Waals surface area contributed by atoms with Crippen LogP contribution in [-0.2, 0) is 0 Å². The van der Waals surface area contributed by atoms with E-state index in [0.29, 0.717) is 23.5 Å². The average Bonchev–Trinajstić information content (AvgIpc) is 2.67. The van der Waals surface area contributed by atoms with Gasteiger partial charge in [0.2, 0.25) is 0 Å². The Hall–Kier alpha value is -2.56. The van der Waals surface area contributed by atoms with Gasteiger partial charge in [0.25, 0.3) is 5.91 Å². The highest BCUT2D eigenvalue weighted by molar-refractivity contribution is 6.04. The Kier molecular flexibility index (Phi) is 6.10. The highest BCUT2D eigenvalue weighted by Gasteiger charge is 2.15. The van der Waals surface area contributed by atoms with Crippen LogP contribution in [0.15, 0.2) is 42.5 Å². The normalized spacial score (nSPS) is 14.2. The maximum absolute atomic E-state index is 14.4. The molecule has 0 atom stereocenters. The first kappa shape index (κ1) is 18.2. The molecule has 0 aromatic heterocycles. The van der Waals surface area contributed by atoms with E-state index in [1.165, 1.54) is 12.5 Å². The topological polar surface area (TPSA) is 41.6 Å². The maximum atomic E-state index is 14.4. The molecule has 4 nitrogen and oxygen atoms in total. The third-order valence-electron chi connectivity index (χ3n) is 4.49. The van der Waals surface area contributed by atoms with Gasteiger partial charge in [0.1, 0.15) is 11.6 Å². The fourth-order valence-electron chi connectivity index (χ4n) is 3.10. The molecule has 1 aliphatic rings. The number of halogens is 1. The number of hydrogen-bond acceptors (Lipinski definition) is 3. The summed E-state index contributed by atoms with van der Waals surface area (Å²) >= 11 is 0. The molecule has 0 bridgehead atoms. The molecule has 1 heterocycles. The largest absolute Gasteiger partial charge is 0.494 e.